The van der Waals surface area contributed by atoms with E-state index in [2.05, 4.69) is 20.6 Å². The van der Waals surface area contributed by atoms with Crippen LogP contribution in [0.5, 0.6) is 0 Å². The molecule has 2 aromatic carbocycles. The summed E-state index contributed by atoms with van der Waals surface area (Å²) in [6, 6.07) is 14.6. The van der Waals surface area contributed by atoms with Crippen molar-refractivity contribution in [2.45, 2.75) is 6.92 Å². The van der Waals surface area contributed by atoms with Crippen LogP contribution in [0.25, 0.3) is 0 Å². The Morgan fingerprint density at radius 3 is 2.04 bits per heavy atom. The second-order valence-electron chi connectivity index (χ2n) is 5.34. The number of carbonyl (C=O) groups is 1. The third-order valence-corrected chi connectivity index (χ3v) is 3.45. The highest BCUT2D eigenvalue weighted by atomic mass is 19.1. The van der Waals surface area contributed by atoms with Gasteiger partial charge in [0.05, 0.1) is 12.2 Å². The number of esters is 1. The van der Waals surface area contributed by atoms with Gasteiger partial charge in [-0.2, -0.15) is 0 Å². The molecule has 0 amide bonds. The molecule has 0 aliphatic heterocycles. The second kappa shape index (κ2) is 8.06. The fraction of sp³-hybridized carbons (Fsp3) is 0.105. The Morgan fingerprint density at radius 2 is 1.50 bits per heavy atom. The van der Waals surface area contributed by atoms with Crippen LogP contribution in [0.15, 0.2) is 60.9 Å². The van der Waals surface area contributed by atoms with Crippen LogP contribution < -0.4 is 10.6 Å². The van der Waals surface area contributed by atoms with Gasteiger partial charge in [0.25, 0.3) is 0 Å². The Hall–Kier alpha value is -3.48. The first-order chi connectivity index (χ1) is 12.6. The maximum atomic E-state index is 13.0. The molecule has 0 radical (unpaired) electrons. The first-order valence-corrected chi connectivity index (χ1v) is 8.03. The third kappa shape index (κ3) is 4.54. The van der Waals surface area contributed by atoms with Crippen LogP contribution in [0.2, 0.25) is 0 Å². The van der Waals surface area contributed by atoms with Crippen molar-refractivity contribution in [3.8, 4) is 0 Å². The number of halogens is 1. The largest absolute Gasteiger partial charge is 0.462 e. The van der Waals surface area contributed by atoms with E-state index >= 15 is 0 Å². The summed E-state index contributed by atoms with van der Waals surface area (Å²) >= 11 is 0. The summed E-state index contributed by atoms with van der Waals surface area (Å²) in [5.74, 6) is 0.490. The minimum atomic E-state index is -0.355. The smallest absolute Gasteiger partial charge is 0.338 e. The van der Waals surface area contributed by atoms with Crippen LogP contribution in [-0.2, 0) is 4.74 Å². The quantitative estimate of drug-likeness (QED) is 0.645. The average molecular weight is 352 g/mol. The van der Waals surface area contributed by atoms with Gasteiger partial charge in [-0.15, -0.1) is 0 Å². The van der Waals surface area contributed by atoms with Gasteiger partial charge in [0.2, 0.25) is 0 Å². The van der Waals surface area contributed by atoms with Gasteiger partial charge in [-0.25, -0.2) is 19.2 Å². The molecular formula is C19H17FN4O2. The van der Waals surface area contributed by atoms with E-state index in [0.717, 1.165) is 11.4 Å². The number of anilines is 4. The molecule has 1 aromatic heterocycles. The van der Waals surface area contributed by atoms with Gasteiger partial charge in [-0.3, -0.25) is 0 Å². The summed E-state index contributed by atoms with van der Waals surface area (Å²) < 4.78 is 17.9. The van der Waals surface area contributed by atoms with Crippen molar-refractivity contribution in [3.05, 3.63) is 72.3 Å². The van der Waals surface area contributed by atoms with Crippen molar-refractivity contribution in [2.75, 3.05) is 17.2 Å². The number of hydrogen-bond acceptors (Lipinski definition) is 6. The van der Waals surface area contributed by atoms with Crippen LogP contribution in [0.3, 0.4) is 0 Å². The molecule has 0 saturated carbocycles. The lowest BCUT2D eigenvalue weighted by atomic mass is 10.2. The maximum absolute atomic E-state index is 13.0. The van der Waals surface area contributed by atoms with Gasteiger partial charge in [-0.1, -0.05) is 0 Å². The molecule has 3 rings (SSSR count). The molecule has 132 valence electrons. The zero-order valence-electron chi connectivity index (χ0n) is 14.1. The summed E-state index contributed by atoms with van der Waals surface area (Å²) in [4.78, 5) is 20.0. The number of benzene rings is 2. The van der Waals surface area contributed by atoms with Crippen molar-refractivity contribution in [3.63, 3.8) is 0 Å². The van der Waals surface area contributed by atoms with Crippen LogP contribution in [-0.4, -0.2) is 22.5 Å². The van der Waals surface area contributed by atoms with E-state index in [9.17, 15) is 9.18 Å². The van der Waals surface area contributed by atoms with E-state index in [1.54, 1.807) is 49.4 Å². The SMILES string of the molecule is CCOC(=O)c1ccc(Nc2cc(Nc3ccc(F)cc3)ncn2)cc1. The van der Waals surface area contributed by atoms with E-state index in [4.69, 9.17) is 4.74 Å². The molecule has 0 aliphatic carbocycles. The first kappa shape index (κ1) is 17.3. The van der Waals surface area contributed by atoms with E-state index in [1.807, 2.05) is 0 Å². The van der Waals surface area contributed by atoms with Gasteiger partial charge >= 0.3 is 5.97 Å². The van der Waals surface area contributed by atoms with Gasteiger partial charge in [-0.05, 0) is 55.5 Å². The number of nitrogens with zero attached hydrogens (tertiary/aromatic N) is 2. The summed E-state index contributed by atoms with van der Waals surface area (Å²) in [7, 11) is 0. The molecule has 0 fully saturated rings. The van der Waals surface area contributed by atoms with Crippen LogP contribution in [0.4, 0.5) is 27.4 Å². The Bertz CT molecular complexity index is 883. The average Bonchev–Trinajstić information content (AvgIpc) is 2.65. The highest BCUT2D eigenvalue weighted by Gasteiger charge is 2.06. The molecule has 0 aliphatic rings. The molecule has 2 N–H and O–H groups in total. The summed E-state index contributed by atoms with van der Waals surface area (Å²) in [6.45, 7) is 2.10. The molecule has 7 heteroatoms. The van der Waals surface area contributed by atoms with Gasteiger partial charge in [0, 0.05) is 17.4 Å². The Balaban J connectivity index is 1.68. The first-order valence-electron chi connectivity index (χ1n) is 8.03. The number of nitrogens with one attached hydrogen (secondary N) is 2. The minimum absolute atomic E-state index is 0.299. The molecule has 1 heterocycles. The van der Waals surface area contributed by atoms with Crippen LogP contribution in [0.1, 0.15) is 17.3 Å². The van der Waals surface area contributed by atoms with Crippen LogP contribution in [0, 0.1) is 5.82 Å². The molecular weight excluding hydrogens is 335 g/mol. The molecule has 6 nitrogen and oxygen atoms in total. The van der Waals surface area contributed by atoms with Crippen molar-refractivity contribution in [1.82, 2.24) is 9.97 Å². The maximum Gasteiger partial charge on any atom is 0.338 e. The zero-order valence-corrected chi connectivity index (χ0v) is 14.1. The number of carbonyl (C=O) groups excluding carboxylic acids is 1. The molecule has 0 saturated heterocycles. The summed E-state index contributed by atoms with van der Waals surface area (Å²) in [5.41, 5.74) is 1.97. The summed E-state index contributed by atoms with van der Waals surface area (Å²) in [5, 5.41) is 6.21. The molecule has 0 spiro atoms. The number of ether oxygens (including phenoxy) is 1. The van der Waals surface area contributed by atoms with Crippen molar-refractivity contribution in [2.24, 2.45) is 0 Å². The fourth-order valence-electron chi connectivity index (χ4n) is 2.23. The van der Waals surface area contributed by atoms with Crippen molar-refractivity contribution in [1.29, 1.82) is 0 Å². The molecule has 0 atom stereocenters. The third-order valence-electron chi connectivity index (χ3n) is 3.45. The van der Waals surface area contributed by atoms with Gasteiger partial charge in [0.1, 0.15) is 23.8 Å². The Kier molecular flexibility index (Phi) is 5.38. The highest BCUT2D eigenvalue weighted by Crippen LogP contribution is 2.20. The predicted octanol–water partition coefficient (Wildman–Crippen LogP) is 4.28. The molecule has 26 heavy (non-hydrogen) atoms. The van der Waals surface area contributed by atoms with Crippen LogP contribution >= 0.6 is 0 Å². The lowest BCUT2D eigenvalue weighted by Crippen LogP contribution is -2.04. The highest BCUT2D eigenvalue weighted by molar-refractivity contribution is 5.89. The predicted molar refractivity (Wildman–Crippen MR) is 97.4 cm³/mol. The van der Waals surface area contributed by atoms with Gasteiger partial charge in [0.15, 0.2) is 0 Å². The zero-order chi connectivity index (χ0) is 18.4. The lowest BCUT2D eigenvalue weighted by Gasteiger charge is -2.09. The van der Waals surface area contributed by atoms with E-state index in [1.165, 1.54) is 18.5 Å². The minimum Gasteiger partial charge on any atom is -0.462 e. The van der Waals surface area contributed by atoms with Crippen molar-refractivity contribution >= 4 is 29.0 Å². The summed E-state index contributed by atoms with van der Waals surface area (Å²) in [6.07, 6.45) is 1.42. The second-order valence-corrected chi connectivity index (χ2v) is 5.34. The number of rotatable bonds is 6. The fourth-order valence-corrected chi connectivity index (χ4v) is 2.23. The normalized spacial score (nSPS) is 10.2. The topological polar surface area (TPSA) is 76.1 Å². The number of aromatic nitrogens is 2. The van der Waals surface area contributed by atoms with Gasteiger partial charge < -0.3 is 15.4 Å². The molecule has 3 aromatic rings. The molecule has 0 unspecified atom stereocenters. The van der Waals surface area contributed by atoms with E-state index in [-0.39, 0.29) is 11.8 Å². The Labute approximate surface area is 150 Å². The standard InChI is InChI=1S/C19H17FN4O2/c1-2-26-19(25)13-3-7-15(8-4-13)23-17-11-18(22-12-21-17)24-16-9-5-14(20)6-10-16/h3-12H,2H2,1H3,(H2,21,22,23,24). The van der Waals surface area contributed by atoms with E-state index in [0.29, 0.717) is 23.8 Å². The number of hydrogen-bond donors (Lipinski definition) is 2. The molecule has 0 bridgehead atoms. The van der Waals surface area contributed by atoms with Crippen molar-refractivity contribution < 1.29 is 13.9 Å². The van der Waals surface area contributed by atoms with E-state index < -0.39 is 0 Å². The monoisotopic (exact) mass is 352 g/mol. The Morgan fingerprint density at radius 1 is 0.962 bits per heavy atom. The lowest BCUT2D eigenvalue weighted by molar-refractivity contribution is 0.0526.